The Labute approximate surface area is 149 Å². The molecule has 26 heavy (non-hydrogen) atoms. The quantitative estimate of drug-likeness (QED) is 0.553. The van der Waals surface area contributed by atoms with E-state index in [0.717, 1.165) is 24.5 Å². The molecule has 1 saturated heterocycles. The van der Waals surface area contributed by atoms with Crippen LogP contribution in [0.1, 0.15) is 5.56 Å². The number of morpholine rings is 1. The summed E-state index contributed by atoms with van der Waals surface area (Å²) in [5.41, 5.74) is 1.45. The van der Waals surface area contributed by atoms with Crippen molar-refractivity contribution in [2.45, 2.75) is 6.54 Å². The fraction of sp³-hybridized carbons (Fsp3) is 0.294. The summed E-state index contributed by atoms with van der Waals surface area (Å²) in [7, 11) is 0. The summed E-state index contributed by atoms with van der Waals surface area (Å²) in [6, 6.07) is 9.19. The number of fused-ring (bicyclic) bond motifs is 1. The molecule has 9 nitrogen and oxygen atoms in total. The first-order valence-corrected chi connectivity index (χ1v) is 8.35. The van der Waals surface area contributed by atoms with E-state index < -0.39 is 4.92 Å². The molecule has 1 N–H and O–H groups in total. The molecule has 1 aliphatic rings. The average molecular weight is 354 g/mol. The number of rotatable bonds is 5. The molecule has 0 atom stereocenters. The molecule has 9 heteroatoms. The maximum atomic E-state index is 11.4. The van der Waals surface area contributed by atoms with Gasteiger partial charge in [0, 0.05) is 31.9 Å². The lowest BCUT2D eigenvalue weighted by Gasteiger charge is -2.27. The third kappa shape index (κ3) is 3.16. The van der Waals surface area contributed by atoms with Crippen LogP contribution in [0.5, 0.6) is 0 Å². The van der Waals surface area contributed by atoms with Crippen LogP contribution in [0.15, 0.2) is 42.7 Å². The van der Waals surface area contributed by atoms with E-state index in [2.05, 4.69) is 20.2 Å². The van der Waals surface area contributed by atoms with Gasteiger partial charge in [-0.3, -0.25) is 0 Å². The minimum atomic E-state index is -0.428. The number of nitrogens with zero attached hydrogens (tertiary/aromatic N) is 5. The molecule has 3 aromatic heterocycles. The fourth-order valence-corrected chi connectivity index (χ4v) is 2.96. The fourth-order valence-electron chi connectivity index (χ4n) is 2.96. The first-order valence-electron chi connectivity index (χ1n) is 8.35. The van der Waals surface area contributed by atoms with Gasteiger partial charge in [0.1, 0.15) is 5.82 Å². The normalized spacial score (nSPS) is 14.5. The van der Waals surface area contributed by atoms with Crippen molar-refractivity contribution in [2.75, 3.05) is 36.5 Å². The van der Waals surface area contributed by atoms with Gasteiger partial charge in [0.25, 0.3) is 0 Å². The lowest BCUT2D eigenvalue weighted by atomic mass is 10.2. The Morgan fingerprint density at radius 2 is 2.08 bits per heavy atom. The molecule has 1 aliphatic heterocycles. The van der Waals surface area contributed by atoms with Gasteiger partial charge >= 0.3 is 5.82 Å². The number of hydrogen-bond acceptors (Lipinski definition) is 7. The summed E-state index contributed by atoms with van der Waals surface area (Å²) >= 11 is 0. The first-order chi connectivity index (χ1) is 12.7. The van der Waals surface area contributed by atoms with Gasteiger partial charge in [0.15, 0.2) is 0 Å². The van der Waals surface area contributed by atoms with E-state index in [4.69, 9.17) is 4.74 Å². The van der Waals surface area contributed by atoms with Crippen molar-refractivity contribution in [3.8, 4) is 0 Å². The number of anilines is 2. The van der Waals surface area contributed by atoms with Crippen LogP contribution in [0.2, 0.25) is 0 Å². The summed E-state index contributed by atoms with van der Waals surface area (Å²) in [6.07, 6.45) is 3.41. The third-order valence-electron chi connectivity index (χ3n) is 4.28. The Bertz CT molecular complexity index is 918. The Balaban J connectivity index is 1.49. The summed E-state index contributed by atoms with van der Waals surface area (Å²) in [4.78, 5) is 21.9. The van der Waals surface area contributed by atoms with Gasteiger partial charge in [-0.25, -0.2) is 4.98 Å². The maximum Gasteiger partial charge on any atom is 0.372 e. The van der Waals surface area contributed by atoms with Crippen LogP contribution in [-0.2, 0) is 11.3 Å². The molecule has 4 rings (SSSR count). The van der Waals surface area contributed by atoms with Crippen molar-refractivity contribution in [1.82, 2.24) is 14.4 Å². The van der Waals surface area contributed by atoms with Gasteiger partial charge in [-0.05, 0) is 22.6 Å². The summed E-state index contributed by atoms with van der Waals surface area (Å²) < 4.78 is 6.80. The van der Waals surface area contributed by atoms with E-state index >= 15 is 0 Å². The standard InChI is InChI=1S/C17H18N6O3/c24-23(25)17-16(20-15-3-1-2-6-22(15)17)19-12-13-4-5-14(18-11-13)21-7-9-26-10-8-21/h1-6,11,19H,7-10,12H2. The lowest BCUT2D eigenvalue weighted by molar-refractivity contribution is -0.389. The number of aromatic nitrogens is 3. The number of nitro groups is 1. The van der Waals surface area contributed by atoms with Crippen LogP contribution in [-0.4, -0.2) is 45.6 Å². The second-order valence-corrected chi connectivity index (χ2v) is 5.95. The number of nitrogens with one attached hydrogen (secondary N) is 1. The van der Waals surface area contributed by atoms with E-state index in [0.29, 0.717) is 25.4 Å². The number of ether oxygens (including phenoxy) is 1. The highest BCUT2D eigenvalue weighted by molar-refractivity contribution is 5.62. The van der Waals surface area contributed by atoms with Crippen molar-refractivity contribution in [1.29, 1.82) is 0 Å². The molecule has 0 aliphatic carbocycles. The maximum absolute atomic E-state index is 11.4. The molecule has 134 valence electrons. The van der Waals surface area contributed by atoms with Crippen molar-refractivity contribution in [3.63, 3.8) is 0 Å². The molecule has 0 bridgehead atoms. The van der Waals surface area contributed by atoms with Gasteiger partial charge < -0.3 is 25.1 Å². The molecule has 0 unspecified atom stereocenters. The zero-order chi connectivity index (χ0) is 17.9. The van der Waals surface area contributed by atoms with Gasteiger partial charge in [-0.1, -0.05) is 12.1 Å². The van der Waals surface area contributed by atoms with E-state index in [1.165, 1.54) is 4.40 Å². The highest BCUT2D eigenvalue weighted by Gasteiger charge is 2.22. The molecular weight excluding hydrogens is 336 g/mol. The molecule has 3 aromatic rings. The summed E-state index contributed by atoms with van der Waals surface area (Å²) in [5, 5.41) is 14.5. The molecule has 0 radical (unpaired) electrons. The summed E-state index contributed by atoms with van der Waals surface area (Å²) in [6.45, 7) is 3.49. The smallest absolute Gasteiger partial charge is 0.372 e. The van der Waals surface area contributed by atoms with Crippen LogP contribution in [0.4, 0.5) is 17.5 Å². The number of hydrogen-bond donors (Lipinski definition) is 1. The lowest BCUT2D eigenvalue weighted by Crippen LogP contribution is -2.36. The molecular formula is C17H18N6O3. The molecule has 0 spiro atoms. The average Bonchev–Trinajstić information content (AvgIpc) is 3.06. The minimum Gasteiger partial charge on any atom is -0.378 e. The predicted molar refractivity (Wildman–Crippen MR) is 96.4 cm³/mol. The zero-order valence-corrected chi connectivity index (χ0v) is 14.0. The Morgan fingerprint density at radius 1 is 1.23 bits per heavy atom. The van der Waals surface area contributed by atoms with Gasteiger partial charge in [0.2, 0.25) is 11.5 Å². The van der Waals surface area contributed by atoms with Crippen molar-refractivity contribution >= 4 is 23.1 Å². The molecule has 1 fully saturated rings. The largest absolute Gasteiger partial charge is 0.378 e. The topological polar surface area (TPSA) is 97.8 Å². The molecule has 0 aromatic carbocycles. The Kier molecular flexibility index (Phi) is 4.36. The Hall–Kier alpha value is -3.20. The van der Waals surface area contributed by atoms with E-state index in [1.807, 2.05) is 12.1 Å². The SMILES string of the molecule is O=[N+]([O-])c1c(NCc2ccc(N3CCOCC3)nc2)nc2ccccn12. The van der Waals surface area contributed by atoms with Crippen LogP contribution in [0.25, 0.3) is 5.65 Å². The monoisotopic (exact) mass is 354 g/mol. The van der Waals surface area contributed by atoms with E-state index in [9.17, 15) is 10.1 Å². The highest BCUT2D eigenvalue weighted by atomic mass is 16.6. The predicted octanol–water partition coefficient (Wildman–Crippen LogP) is 2.09. The highest BCUT2D eigenvalue weighted by Crippen LogP contribution is 2.25. The first kappa shape index (κ1) is 16.3. The van der Waals surface area contributed by atoms with Gasteiger partial charge in [0.05, 0.1) is 19.4 Å². The van der Waals surface area contributed by atoms with E-state index in [-0.39, 0.29) is 11.6 Å². The van der Waals surface area contributed by atoms with Crippen LogP contribution >= 0.6 is 0 Å². The molecule has 0 amide bonds. The van der Waals surface area contributed by atoms with E-state index in [1.54, 1.807) is 30.6 Å². The number of pyridine rings is 2. The third-order valence-corrected chi connectivity index (χ3v) is 4.28. The van der Waals surface area contributed by atoms with Gasteiger partial charge in [-0.2, -0.15) is 9.38 Å². The Morgan fingerprint density at radius 3 is 2.81 bits per heavy atom. The zero-order valence-electron chi connectivity index (χ0n) is 14.0. The van der Waals surface area contributed by atoms with Crippen LogP contribution < -0.4 is 10.2 Å². The van der Waals surface area contributed by atoms with Crippen molar-refractivity contribution in [2.24, 2.45) is 0 Å². The molecule has 4 heterocycles. The van der Waals surface area contributed by atoms with Crippen LogP contribution in [0.3, 0.4) is 0 Å². The molecule has 0 saturated carbocycles. The van der Waals surface area contributed by atoms with Crippen LogP contribution in [0, 0.1) is 10.1 Å². The second-order valence-electron chi connectivity index (χ2n) is 5.95. The summed E-state index contributed by atoms with van der Waals surface area (Å²) in [5.74, 6) is 1.09. The minimum absolute atomic E-state index is 0.0708. The number of imidazole rings is 1. The second kappa shape index (κ2) is 6.96. The van der Waals surface area contributed by atoms with Crippen molar-refractivity contribution < 1.29 is 9.66 Å². The van der Waals surface area contributed by atoms with Gasteiger partial charge in [-0.15, -0.1) is 0 Å². The van der Waals surface area contributed by atoms with Crippen molar-refractivity contribution in [3.05, 3.63) is 58.4 Å².